The van der Waals surface area contributed by atoms with Gasteiger partial charge in [0.2, 0.25) is 0 Å². The van der Waals surface area contributed by atoms with Crippen molar-refractivity contribution in [1.29, 1.82) is 0 Å². The maximum Gasteiger partial charge on any atom is 0.419 e. The zero-order valence-electron chi connectivity index (χ0n) is 23.6. The number of nitrogens with one attached hydrogen (secondary N) is 3. The Bertz CT molecular complexity index is 1770. The number of aromatic nitrogens is 4. The van der Waals surface area contributed by atoms with Gasteiger partial charge in [0.25, 0.3) is 5.91 Å². The van der Waals surface area contributed by atoms with Crippen LogP contribution in [0.5, 0.6) is 17.2 Å². The van der Waals surface area contributed by atoms with Gasteiger partial charge >= 0.3 is 6.18 Å². The third-order valence-electron chi connectivity index (χ3n) is 7.18. The van der Waals surface area contributed by atoms with Gasteiger partial charge in [0.1, 0.15) is 28.5 Å². The lowest BCUT2D eigenvalue weighted by Crippen LogP contribution is -2.22. The molecule has 226 valence electrons. The highest BCUT2D eigenvalue weighted by Crippen LogP contribution is 2.36. The van der Waals surface area contributed by atoms with Crippen molar-refractivity contribution in [1.82, 2.24) is 25.1 Å². The molecule has 0 bridgehead atoms. The summed E-state index contributed by atoms with van der Waals surface area (Å²) >= 11 is 0. The summed E-state index contributed by atoms with van der Waals surface area (Å²) in [6, 6.07) is 17.7. The van der Waals surface area contributed by atoms with Crippen LogP contribution in [0.3, 0.4) is 0 Å². The van der Waals surface area contributed by atoms with Crippen molar-refractivity contribution >= 4 is 28.6 Å². The lowest BCUT2D eigenvalue weighted by atomic mass is 10.2. The molecule has 0 radical (unpaired) electrons. The Labute approximate surface area is 250 Å². The number of halogens is 3. The van der Waals surface area contributed by atoms with Gasteiger partial charge in [0.05, 0.1) is 19.2 Å². The highest BCUT2D eigenvalue weighted by molar-refractivity contribution is 6.04. The topological polar surface area (TPSA) is 115 Å². The number of hydrogen-bond acceptors (Lipinski definition) is 8. The zero-order valence-corrected chi connectivity index (χ0v) is 23.6. The molecule has 0 spiro atoms. The summed E-state index contributed by atoms with van der Waals surface area (Å²) in [6.45, 7) is 2.18. The van der Waals surface area contributed by atoms with E-state index in [1.807, 2.05) is 28.9 Å². The van der Waals surface area contributed by atoms with Gasteiger partial charge in [-0.05, 0) is 67.1 Å². The smallest absolute Gasteiger partial charge is 0.419 e. The summed E-state index contributed by atoms with van der Waals surface area (Å²) in [4.78, 5) is 21.0. The second kappa shape index (κ2) is 12.2. The fourth-order valence-corrected chi connectivity index (χ4v) is 4.96. The van der Waals surface area contributed by atoms with Crippen LogP contribution in [0.25, 0.3) is 11.0 Å². The highest BCUT2D eigenvalue weighted by atomic mass is 19.4. The van der Waals surface area contributed by atoms with Gasteiger partial charge in [-0.2, -0.15) is 18.3 Å². The van der Waals surface area contributed by atoms with Crippen molar-refractivity contribution < 1.29 is 27.4 Å². The summed E-state index contributed by atoms with van der Waals surface area (Å²) in [5, 5.41) is 14.7. The first-order valence-electron chi connectivity index (χ1n) is 13.9. The van der Waals surface area contributed by atoms with Gasteiger partial charge in [-0.3, -0.25) is 4.79 Å². The van der Waals surface area contributed by atoms with E-state index in [0.717, 1.165) is 43.0 Å². The number of rotatable bonds is 9. The molecule has 1 aliphatic heterocycles. The molecule has 1 aliphatic rings. The van der Waals surface area contributed by atoms with Crippen molar-refractivity contribution in [3.8, 4) is 17.2 Å². The number of methoxy groups -OCH3 is 1. The van der Waals surface area contributed by atoms with E-state index >= 15 is 0 Å². The number of amides is 1. The molecule has 13 heteroatoms. The minimum atomic E-state index is -4.66. The summed E-state index contributed by atoms with van der Waals surface area (Å²) in [5.41, 5.74) is 0.748. The Morgan fingerprint density at radius 2 is 1.77 bits per heavy atom. The Kier molecular flexibility index (Phi) is 8.03. The number of pyridine rings is 2. The Morgan fingerprint density at radius 1 is 1.00 bits per heavy atom. The lowest BCUT2D eigenvalue weighted by molar-refractivity contribution is -0.137. The summed E-state index contributed by atoms with van der Waals surface area (Å²) in [7, 11) is 1.62. The molecule has 2 aromatic carbocycles. The standard InChI is InChI=1S/C31H28F3N7O3/c1-43-22-8-4-19(5-9-22)18-41-29-26(28(40-41)38-21-12-15-35-17-21)25(13-16-37-29)44-23-10-6-20(7-11-23)30(42)39-27-24(31(32,33)34)3-2-14-36-27/h2-11,13-14,16,21,35H,12,15,17-18H2,1H3,(H,38,40)(H,36,39,42)/t21-/m1/s1. The van der Waals surface area contributed by atoms with Crippen molar-refractivity contribution in [3.63, 3.8) is 0 Å². The van der Waals surface area contributed by atoms with Crippen molar-refractivity contribution in [2.75, 3.05) is 30.8 Å². The molecule has 1 atom stereocenters. The van der Waals surface area contributed by atoms with E-state index in [9.17, 15) is 18.0 Å². The molecular formula is C31H28F3N7O3. The molecule has 44 heavy (non-hydrogen) atoms. The number of benzene rings is 2. The number of ether oxygens (including phenoxy) is 2. The molecule has 0 aliphatic carbocycles. The minimum Gasteiger partial charge on any atom is -0.497 e. The fourth-order valence-electron chi connectivity index (χ4n) is 4.96. The molecule has 0 saturated carbocycles. The van der Waals surface area contributed by atoms with E-state index in [-0.39, 0.29) is 11.6 Å². The monoisotopic (exact) mass is 603 g/mol. The predicted octanol–water partition coefficient (Wildman–Crippen LogP) is 5.72. The Morgan fingerprint density at radius 3 is 2.48 bits per heavy atom. The largest absolute Gasteiger partial charge is 0.497 e. The van der Waals surface area contributed by atoms with Crippen LogP contribution in [0.15, 0.2) is 79.1 Å². The first kappa shape index (κ1) is 28.9. The van der Waals surface area contributed by atoms with Crippen LogP contribution < -0.4 is 25.4 Å². The van der Waals surface area contributed by atoms with Crippen LogP contribution in [0.4, 0.5) is 24.8 Å². The molecule has 0 unspecified atom stereocenters. The van der Waals surface area contributed by atoms with Gasteiger partial charge in [0, 0.05) is 36.6 Å². The molecule has 3 N–H and O–H groups in total. The maximum atomic E-state index is 13.3. The molecule has 3 aromatic heterocycles. The number of carbonyl (C=O) groups is 1. The molecule has 6 rings (SSSR count). The molecule has 1 amide bonds. The zero-order chi connectivity index (χ0) is 30.7. The quantitative estimate of drug-likeness (QED) is 0.196. The molecule has 1 saturated heterocycles. The summed E-state index contributed by atoms with van der Waals surface area (Å²) in [6.07, 6.45) is -0.898. The van der Waals surface area contributed by atoms with Crippen molar-refractivity contribution in [3.05, 3.63) is 95.8 Å². The number of hydrogen-bond donors (Lipinski definition) is 3. The van der Waals surface area contributed by atoms with Gasteiger partial charge < -0.3 is 25.4 Å². The highest BCUT2D eigenvalue weighted by Gasteiger charge is 2.34. The average Bonchev–Trinajstić information content (AvgIpc) is 3.66. The van der Waals surface area contributed by atoms with Crippen LogP contribution in [0.2, 0.25) is 0 Å². The van der Waals surface area contributed by atoms with Crippen LogP contribution in [-0.4, -0.2) is 51.9 Å². The summed E-state index contributed by atoms with van der Waals surface area (Å²) in [5.74, 6) is 1.02. The third kappa shape index (κ3) is 6.27. The van der Waals surface area contributed by atoms with Crippen LogP contribution in [-0.2, 0) is 12.7 Å². The van der Waals surface area contributed by atoms with Gasteiger partial charge in [0.15, 0.2) is 11.5 Å². The van der Waals surface area contributed by atoms with Crippen LogP contribution in [0, 0.1) is 0 Å². The van der Waals surface area contributed by atoms with E-state index in [1.54, 1.807) is 31.5 Å². The van der Waals surface area contributed by atoms with E-state index < -0.39 is 23.5 Å². The molecule has 10 nitrogen and oxygen atoms in total. The SMILES string of the molecule is COc1ccc(Cn2nc(N[C@@H]3CCNC3)c3c(Oc4ccc(C(=O)Nc5ncccc5C(F)(F)F)cc4)ccnc32)cc1. The number of alkyl halides is 3. The van der Waals surface area contributed by atoms with Gasteiger partial charge in [-0.25, -0.2) is 14.6 Å². The number of fused-ring (bicyclic) bond motifs is 1. The number of anilines is 2. The molecular weight excluding hydrogens is 575 g/mol. The molecule has 4 heterocycles. The molecule has 1 fully saturated rings. The van der Waals surface area contributed by atoms with Crippen LogP contribution in [0.1, 0.15) is 27.9 Å². The second-order valence-corrected chi connectivity index (χ2v) is 10.2. The lowest BCUT2D eigenvalue weighted by Gasteiger charge is -2.13. The first-order chi connectivity index (χ1) is 21.3. The van der Waals surface area contributed by atoms with Gasteiger partial charge in [-0.15, -0.1) is 0 Å². The van der Waals surface area contributed by atoms with E-state index in [2.05, 4.69) is 25.9 Å². The minimum absolute atomic E-state index is 0.138. The normalized spacial score (nSPS) is 14.9. The van der Waals surface area contributed by atoms with Gasteiger partial charge in [-0.1, -0.05) is 12.1 Å². The summed E-state index contributed by atoms with van der Waals surface area (Å²) < 4.78 is 53.3. The number of nitrogens with zero attached hydrogens (tertiary/aromatic N) is 4. The Hall–Kier alpha value is -5.17. The van der Waals surface area contributed by atoms with E-state index in [4.69, 9.17) is 14.6 Å². The first-order valence-corrected chi connectivity index (χ1v) is 13.9. The third-order valence-corrected chi connectivity index (χ3v) is 7.18. The molecule has 5 aromatic rings. The van der Waals surface area contributed by atoms with E-state index in [0.29, 0.717) is 34.9 Å². The average molecular weight is 604 g/mol. The van der Waals surface area contributed by atoms with Crippen molar-refractivity contribution in [2.24, 2.45) is 0 Å². The Balaban J connectivity index is 1.26. The number of carbonyl (C=O) groups excluding carboxylic acids is 1. The van der Waals surface area contributed by atoms with Crippen molar-refractivity contribution in [2.45, 2.75) is 25.2 Å². The maximum absolute atomic E-state index is 13.3. The van der Waals surface area contributed by atoms with E-state index in [1.165, 1.54) is 18.3 Å². The second-order valence-electron chi connectivity index (χ2n) is 10.2. The fraction of sp³-hybridized carbons (Fsp3) is 0.226. The predicted molar refractivity (Wildman–Crippen MR) is 158 cm³/mol. The van der Waals surface area contributed by atoms with Crippen LogP contribution >= 0.6 is 0 Å².